The molecule has 0 rings (SSSR count). The van der Waals surface area contributed by atoms with Crippen LogP contribution in [0.2, 0.25) is 0 Å². The first-order valence-corrected chi connectivity index (χ1v) is 5.44. The molecule has 1 atom stereocenters. The fourth-order valence-corrected chi connectivity index (χ4v) is 1.49. The molecule has 0 fully saturated rings. The zero-order valence-electron chi connectivity index (χ0n) is 8.97. The van der Waals surface area contributed by atoms with Gasteiger partial charge in [-0.15, -0.1) is 0 Å². The summed E-state index contributed by atoms with van der Waals surface area (Å²) < 4.78 is 0. The molecule has 0 radical (unpaired) electrons. The van der Waals surface area contributed by atoms with Crippen LogP contribution >= 0.6 is 0 Å². The third kappa shape index (κ3) is 7.84. The molecule has 0 amide bonds. The highest BCUT2D eigenvalue weighted by molar-refractivity contribution is 4.82. The third-order valence-corrected chi connectivity index (χ3v) is 2.28. The third-order valence-electron chi connectivity index (χ3n) is 2.28. The van der Waals surface area contributed by atoms with Crippen LogP contribution in [0.15, 0.2) is 12.2 Å². The molecule has 0 N–H and O–H groups in total. The molecule has 0 spiro atoms. The molecule has 0 aliphatic carbocycles. The lowest BCUT2D eigenvalue weighted by atomic mass is 10.0. The van der Waals surface area contributed by atoms with Crippen LogP contribution in [0.1, 0.15) is 59.3 Å². The first-order valence-electron chi connectivity index (χ1n) is 5.44. The maximum absolute atomic E-state index is 2.31. The maximum atomic E-state index is 2.31. The average molecular weight is 168 g/mol. The second-order valence-corrected chi connectivity index (χ2v) is 3.71. The van der Waals surface area contributed by atoms with Crippen molar-refractivity contribution in [2.45, 2.75) is 59.3 Å². The molecule has 0 aliphatic heterocycles. The van der Waals surface area contributed by atoms with Crippen molar-refractivity contribution in [3.05, 3.63) is 12.2 Å². The summed E-state index contributed by atoms with van der Waals surface area (Å²) in [6.45, 7) is 6.68. The first-order chi connectivity index (χ1) is 5.81. The number of hydrogen-bond acceptors (Lipinski definition) is 0. The van der Waals surface area contributed by atoms with Crippen LogP contribution in [0.25, 0.3) is 0 Å². The maximum Gasteiger partial charge on any atom is -0.0262 e. The Labute approximate surface area is 78.1 Å². The summed E-state index contributed by atoms with van der Waals surface area (Å²) in [6.07, 6.45) is 12.9. The number of allylic oxidation sites excluding steroid dienone is 2. The Morgan fingerprint density at radius 1 is 1.08 bits per heavy atom. The molecule has 0 saturated heterocycles. The Hall–Kier alpha value is -0.260. The second kappa shape index (κ2) is 8.83. The summed E-state index contributed by atoms with van der Waals surface area (Å²) in [4.78, 5) is 0. The number of rotatable bonds is 7. The molecule has 0 aliphatic rings. The molecule has 0 heterocycles. The summed E-state index contributed by atoms with van der Waals surface area (Å²) in [5.74, 6) is 0.789. The Morgan fingerprint density at radius 3 is 2.33 bits per heavy atom. The van der Waals surface area contributed by atoms with E-state index >= 15 is 0 Å². The van der Waals surface area contributed by atoms with Crippen molar-refractivity contribution in [2.75, 3.05) is 0 Å². The predicted molar refractivity (Wildman–Crippen MR) is 57.4 cm³/mol. The van der Waals surface area contributed by atoms with Crippen LogP contribution in [0.5, 0.6) is 0 Å². The molecular formula is C12H24. The van der Waals surface area contributed by atoms with E-state index < -0.39 is 0 Å². The van der Waals surface area contributed by atoms with Gasteiger partial charge in [0.15, 0.2) is 0 Å². The van der Waals surface area contributed by atoms with Crippen molar-refractivity contribution >= 4 is 0 Å². The van der Waals surface area contributed by atoms with Gasteiger partial charge in [0.25, 0.3) is 0 Å². The fraction of sp³-hybridized carbons (Fsp3) is 0.833. The highest BCUT2D eigenvalue weighted by Gasteiger charge is 1.95. The second-order valence-electron chi connectivity index (χ2n) is 3.71. The SMILES string of the molecule is CC=CC(C)CCCCCCC. The van der Waals surface area contributed by atoms with Crippen LogP contribution in [-0.4, -0.2) is 0 Å². The van der Waals surface area contributed by atoms with E-state index in [2.05, 4.69) is 32.9 Å². The molecule has 0 aromatic heterocycles. The Balaban J connectivity index is 3.08. The lowest BCUT2D eigenvalue weighted by Crippen LogP contribution is -1.89. The topological polar surface area (TPSA) is 0 Å². The zero-order chi connectivity index (χ0) is 9.23. The zero-order valence-corrected chi connectivity index (χ0v) is 8.97. The van der Waals surface area contributed by atoms with Gasteiger partial charge in [-0.05, 0) is 19.3 Å². The van der Waals surface area contributed by atoms with Gasteiger partial charge in [-0.2, -0.15) is 0 Å². The predicted octanol–water partition coefficient (Wildman–Crippen LogP) is 4.56. The van der Waals surface area contributed by atoms with Gasteiger partial charge in [-0.1, -0.05) is 58.1 Å². The van der Waals surface area contributed by atoms with E-state index in [0.29, 0.717) is 0 Å². The molecule has 1 unspecified atom stereocenters. The Bertz CT molecular complexity index is 103. The summed E-state index contributed by atoms with van der Waals surface area (Å²) in [5, 5.41) is 0. The normalized spacial score (nSPS) is 13.9. The molecule has 12 heavy (non-hydrogen) atoms. The summed E-state index contributed by atoms with van der Waals surface area (Å²) >= 11 is 0. The van der Waals surface area contributed by atoms with Gasteiger partial charge in [0.05, 0.1) is 0 Å². The standard InChI is InChI=1S/C12H24/c1-4-6-7-8-9-11-12(3)10-5-2/h5,10,12H,4,6-9,11H2,1-3H3. The minimum atomic E-state index is 0.789. The van der Waals surface area contributed by atoms with Crippen molar-refractivity contribution in [1.82, 2.24) is 0 Å². The van der Waals surface area contributed by atoms with Crippen molar-refractivity contribution in [1.29, 1.82) is 0 Å². The van der Waals surface area contributed by atoms with E-state index in [0.717, 1.165) is 5.92 Å². The van der Waals surface area contributed by atoms with Crippen LogP contribution in [-0.2, 0) is 0 Å². The van der Waals surface area contributed by atoms with Gasteiger partial charge in [0.2, 0.25) is 0 Å². The molecule has 0 nitrogen and oxygen atoms in total. The van der Waals surface area contributed by atoms with E-state index in [1.54, 1.807) is 0 Å². The van der Waals surface area contributed by atoms with Gasteiger partial charge in [-0.25, -0.2) is 0 Å². The van der Waals surface area contributed by atoms with Crippen molar-refractivity contribution in [3.63, 3.8) is 0 Å². The van der Waals surface area contributed by atoms with Crippen LogP contribution in [0, 0.1) is 5.92 Å². The lowest BCUT2D eigenvalue weighted by Gasteiger charge is -2.04. The summed E-state index contributed by atoms with van der Waals surface area (Å²) in [6, 6.07) is 0. The Morgan fingerprint density at radius 2 is 1.75 bits per heavy atom. The van der Waals surface area contributed by atoms with Gasteiger partial charge >= 0.3 is 0 Å². The van der Waals surface area contributed by atoms with E-state index in [-0.39, 0.29) is 0 Å². The average Bonchev–Trinajstić information content (AvgIpc) is 2.05. The smallest absolute Gasteiger partial charge is 0.0262 e. The number of hydrogen-bond donors (Lipinski definition) is 0. The fourth-order valence-electron chi connectivity index (χ4n) is 1.49. The molecule has 0 saturated carbocycles. The van der Waals surface area contributed by atoms with Crippen LogP contribution in [0.3, 0.4) is 0 Å². The molecule has 72 valence electrons. The van der Waals surface area contributed by atoms with Gasteiger partial charge in [-0.3, -0.25) is 0 Å². The first kappa shape index (κ1) is 11.7. The minimum absolute atomic E-state index is 0.789. The van der Waals surface area contributed by atoms with Crippen LogP contribution < -0.4 is 0 Å². The van der Waals surface area contributed by atoms with Crippen molar-refractivity contribution in [3.8, 4) is 0 Å². The summed E-state index contributed by atoms with van der Waals surface area (Å²) in [7, 11) is 0. The van der Waals surface area contributed by atoms with E-state index in [1.165, 1.54) is 38.5 Å². The lowest BCUT2D eigenvalue weighted by molar-refractivity contribution is 0.550. The minimum Gasteiger partial charge on any atom is -0.0914 e. The molecular weight excluding hydrogens is 144 g/mol. The van der Waals surface area contributed by atoms with Crippen molar-refractivity contribution < 1.29 is 0 Å². The largest absolute Gasteiger partial charge is 0.0914 e. The molecule has 0 aromatic rings. The quantitative estimate of drug-likeness (QED) is 0.386. The van der Waals surface area contributed by atoms with E-state index in [9.17, 15) is 0 Å². The van der Waals surface area contributed by atoms with Crippen molar-refractivity contribution in [2.24, 2.45) is 5.92 Å². The van der Waals surface area contributed by atoms with E-state index in [4.69, 9.17) is 0 Å². The van der Waals surface area contributed by atoms with E-state index in [1.807, 2.05) is 0 Å². The van der Waals surface area contributed by atoms with Gasteiger partial charge in [0, 0.05) is 0 Å². The monoisotopic (exact) mass is 168 g/mol. The summed E-state index contributed by atoms with van der Waals surface area (Å²) in [5.41, 5.74) is 0. The molecule has 0 aromatic carbocycles. The highest BCUT2D eigenvalue weighted by Crippen LogP contribution is 2.11. The van der Waals surface area contributed by atoms with Crippen LogP contribution in [0.4, 0.5) is 0 Å². The van der Waals surface area contributed by atoms with Gasteiger partial charge < -0.3 is 0 Å². The highest BCUT2D eigenvalue weighted by atomic mass is 14.0. The Kier molecular flexibility index (Phi) is 8.64. The number of unbranched alkanes of at least 4 members (excludes halogenated alkanes) is 4. The van der Waals surface area contributed by atoms with Gasteiger partial charge in [0.1, 0.15) is 0 Å². The molecule has 0 heteroatoms. The molecule has 0 bridgehead atoms.